The zero-order chi connectivity index (χ0) is 22.9. The van der Waals surface area contributed by atoms with Gasteiger partial charge in [-0.05, 0) is 48.0 Å². The molecular weight excluding hydrogens is 413 g/mol. The number of hydrogen-bond acceptors (Lipinski definition) is 5. The van der Waals surface area contributed by atoms with Crippen LogP contribution in [0.1, 0.15) is 18.1 Å². The molecule has 0 saturated heterocycles. The second-order valence-electron chi connectivity index (χ2n) is 6.81. The molecule has 0 aliphatic carbocycles. The summed E-state index contributed by atoms with van der Waals surface area (Å²) in [5, 5.41) is 14.7. The number of rotatable bonds is 7. The first-order chi connectivity index (χ1) is 15.4. The van der Waals surface area contributed by atoms with E-state index in [0.29, 0.717) is 22.6 Å². The standard InChI is InChI=1S/C24H22FN3O4/c25-18-15-16(13-14-21(18)29)22(32-24(31)27-17-7-2-1-3-8-17)11-6-12-23(30)28-20-10-5-4-9-19(20)26/h1-10,12-15,22,29H,11,26H2,(H,27,31)(H,28,30)/b12-6+/t22-/m0/s1. The normalized spacial score (nSPS) is 11.7. The van der Waals surface area contributed by atoms with Gasteiger partial charge in [0.25, 0.3) is 0 Å². The van der Waals surface area contributed by atoms with E-state index in [-0.39, 0.29) is 6.42 Å². The van der Waals surface area contributed by atoms with E-state index in [0.717, 1.165) is 6.07 Å². The van der Waals surface area contributed by atoms with Gasteiger partial charge in [-0.1, -0.05) is 42.5 Å². The highest BCUT2D eigenvalue weighted by Gasteiger charge is 2.18. The smallest absolute Gasteiger partial charge is 0.412 e. The van der Waals surface area contributed by atoms with Gasteiger partial charge in [0.1, 0.15) is 6.10 Å². The number of phenolic OH excluding ortho intramolecular Hbond substituents is 1. The van der Waals surface area contributed by atoms with Gasteiger partial charge in [-0.25, -0.2) is 9.18 Å². The molecule has 7 nitrogen and oxygen atoms in total. The van der Waals surface area contributed by atoms with Crippen molar-refractivity contribution in [1.29, 1.82) is 0 Å². The van der Waals surface area contributed by atoms with Crippen LogP contribution in [0, 0.1) is 5.82 Å². The molecule has 8 heteroatoms. The van der Waals surface area contributed by atoms with Crippen LogP contribution in [0.2, 0.25) is 0 Å². The van der Waals surface area contributed by atoms with Crippen LogP contribution in [-0.2, 0) is 9.53 Å². The van der Waals surface area contributed by atoms with Gasteiger partial charge in [-0.2, -0.15) is 0 Å². The maximum absolute atomic E-state index is 13.9. The minimum Gasteiger partial charge on any atom is -0.505 e. The number of nitrogens with one attached hydrogen (secondary N) is 2. The molecule has 3 aromatic rings. The number of benzene rings is 3. The van der Waals surface area contributed by atoms with Crippen LogP contribution in [0.4, 0.5) is 26.2 Å². The molecular formula is C24H22FN3O4. The molecule has 0 aliphatic rings. The number of halogens is 1. The highest BCUT2D eigenvalue weighted by Crippen LogP contribution is 2.27. The first-order valence-corrected chi connectivity index (χ1v) is 9.75. The van der Waals surface area contributed by atoms with Crippen molar-refractivity contribution in [2.45, 2.75) is 12.5 Å². The zero-order valence-corrected chi connectivity index (χ0v) is 17.0. The summed E-state index contributed by atoms with van der Waals surface area (Å²) in [4.78, 5) is 24.5. The number of nitrogens with two attached hydrogens (primary N) is 1. The lowest BCUT2D eigenvalue weighted by Gasteiger charge is -2.18. The fraction of sp³-hybridized carbons (Fsp3) is 0.0833. The Morgan fingerprint density at radius 1 is 1.03 bits per heavy atom. The van der Waals surface area contributed by atoms with Crippen molar-refractivity contribution in [2.75, 3.05) is 16.4 Å². The molecule has 0 fully saturated rings. The molecule has 32 heavy (non-hydrogen) atoms. The molecule has 3 rings (SSSR count). The number of carbonyl (C=O) groups is 2. The molecule has 0 aliphatic heterocycles. The Morgan fingerprint density at radius 3 is 2.47 bits per heavy atom. The fourth-order valence-electron chi connectivity index (χ4n) is 2.86. The molecule has 3 aromatic carbocycles. The molecule has 0 heterocycles. The molecule has 0 saturated carbocycles. The molecule has 0 radical (unpaired) electrons. The molecule has 1 atom stereocenters. The van der Waals surface area contributed by atoms with Crippen LogP contribution in [-0.4, -0.2) is 17.1 Å². The number of nitrogen functional groups attached to an aromatic ring is 1. The van der Waals surface area contributed by atoms with Crippen molar-refractivity contribution in [2.24, 2.45) is 0 Å². The van der Waals surface area contributed by atoms with Crippen LogP contribution >= 0.6 is 0 Å². The minimum absolute atomic E-state index is 0.0874. The molecule has 2 amide bonds. The Morgan fingerprint density at radius 2 is 1.75 bits per heavy atom. The minimum atomic E-state index is -0.903. The van der Waals surface area contributed by atoms with Gasteiger partial charge in [0.15, 0.2) is 11.6 Å². The van der Waals surface area contributed by atoms with Crippen LogP contribution in [0.5, 0.6) is 5.75 Å². The van der Waals surface area contributed by atoms with Crippen molar-refractivity contribution >= 4 is 29.1 Å². The zero-order valence-electron chi connectivity index (χ0n) is 17.0. The number of carbonyl (C=O) groups excluding carboxylic acids is 2. The van der Waals surface area contributed by atoms with Crippen LogP contribution in [0.25, 0.3) is 0 Å². The van der Waals surface area contributed by atoms with E-state index >= 15 is 0 Å². The first kappa shape index (κ1) is 22.4. The topological polar surface area (TPSA) is 114 Å². The predicted molar refractivity (Wildman–Crippen MR) is 121 cm³/mol. The van der Waals surface area contributed by atoms with E-state index in [9.17, 15) is 19.1 Å². The third-order valence-electron chi connectivity index (χ3n) is 4.45. The maximum atomic E-state index is 13.9. The molecule has 5 N–H and O–H groups in total. The van der Waals surface area contributed by atoms with Gasteiger partial charge in [0.2, 0.25) is 5.91 Å². The van der Waals surface area contributed by atoms with E-state index in [4.69, 9.17) is 10.5 Å². The Labute approximate surface area is 184 Å². The summed E-state index contributed by atoms with van der Waals surface area (Å²) in [6, 6.07) is 19.2. The molecule has 0 bridgehead atoms. The summed E-state index contributed by atoms with van der Waals surface area (Å²) < 4.78 is 19.3. The molecule has 0 spiro atoms. The SMILES string of the molecule is Nc1ccccc1NC(=O)/C=C/C[C@H](OC(=O)Nc1ccccc1)c1ccc(O)c(F)c1. The molecule has 0 unspecified atom stereocenters. The van der Waals surface area contributed by atoms with E-state index < -0.39 is 29.7 Å². The van der Waals surface area contributed by atoms with Crippen molar-refractivity contribution in [1.82, 2.24) is 0 Å². The van der Waals surface area contributed by atoms with Gasteiger partial charge in [0.05, 0.1) is 11.4 Å². The maximum Gasteiger partial charge on any atom is 0.412 e. The van der Waals surface area contributed by atoms with Gasteiger partial charge in [-0.15, -0.1) is 0 Å². The first-order valence-electron chi connectivity index (χ1n) is 9.75. The average Bonchev–Trinajstić information content (AvgIpc) is 2.77. The Kier molecular flexibility index (Phi) is 7.42. The van der Waals surface area contributed by atoms with Crippen LogP contribution < -0.4 is 16.4 Å². The number of aromatic hydroxyl groups is 1. The van der Waals surface area contributed by atoms with Gasteiger partial charge < -0.3 is 20.9 Å². The van der Waals surface area contributed by atoms with Crippen LogP contribution in [0.15, 0.2) is 84.9 Å². The quantitative estimate of drug-likeness (QED) is 0.308. The highest BCUT2D eigenvalue weighted by molar-refractivity contribution is 6.01. The van der Waals surface area contributed by atoms with Gasteiger partial charge in [-0.3, -0.25) is 10.1 Å². The Bertz CT molecular complexity index is 1120. The van der Waals surface area contributed by atoms with Crippen molar-refractivity contribution < 1.29 is 23.8 Å². The van der Waals surface area contributed by atoms with Gasteiger partial charge >= 0.3 is 6.09 Å². The predicted octanol–water partition coefficient (Wildman–Crippen LogP) is 4.99. The van der Waals surface area contributed by atoms with Crippen molar-refractivity contribution in [3.05, 3.63) is 96.3 Å². The third kappa shape index (κ3) is 6.33. The lowest BCUT2D eigenvalue weighted by Crippen LogP contribution is -2.17. The summed E-state index contributed by atoms with van der Waals surface area (Å²) in [6.07, 6.45) is 1.21. The van der Waals surface area contributed by atoms with Crippen molar-refractivity contribution in [3.8, 4) is 5.75 Å². The van der Waals surface area contributed by atoms with E-state index in [1.807, 2.05) is 0 Å². The number of anilines is 3. The Balaban J connectivity index is 1.69. The average molecular weight is 435 g/mol. The van der Waals surface area contributed by atoms with Crippen LogP contribution in [0.3, 0.4) is 0 Å². The highest BCUT2D eigenvalue weighted by atomic mass is 19.1. The van der Waals surface area contributed by atoms with Gasteiger partial charge in [0, 0.05) is 12.1 Å². The lowest BCUT2D eigenvalue weighted by atomic mass is 10.1. The van der Waals surface area contributed by atoms with E-state index in [1.54, 1.807) is 54.6 Å². The third-order valence-corrected chi connectivity index (χ3v) is 4.45. The van der Waals surface area contributed by atoms with E-state index in [1.165, 1.54) is 24.3 Å². The molecule has 164 valence electrons. The number of para-hydroxylation sites is 3. The number of phenols is 1. The largest absolute Gasteiger partial charge is 0.505 e. The summed E-state index contributed by atoms with van der Waals surface area (Å²) in [7, 11) is 0. The summed E-state index contributed by atoms with van der Waals surface area (Å²) >= 11 is 0. The summed E-state index contributed by atoms with van der Waals surface area (Å²) in [6.45, 7) is 0. The number of amides is 2. The second kappa shape index (κ2) is 10.6. The Hall–Kier alpha value is -4.33. The van der Waals surface area contributed by atoms with E-state index in [2.05, 4.69) is 10.6 Å². The lowest BCUT2D eigenvalue weighted by molar-refractivity contribution is -0.111. The summed E-state index contributed by atoms with van der Waals surface area (Å²) in [5.74, 6) is -1.79. The molecule has 0 aromatic heterocycles. The fourth-order valence-corrected chi connectivity index (χ4v) is 2.86. The summed E-state index contributed by atoms with van der Waals surface area (Å²) in [5.41, 5.74) is 7.55. The second-order valence-corrected chi connectivity index (χ2v) is 6.81. The monoisotopic (exact) mass is 435 g/mol. The number of ether oxygens (including phenoxy) is 1. The number of hydrogen-bond donors (Lipinski definition) is 4. The van der Waals surface area contributed by atoms with Crippen molar-refractivity contribution in [3.63, 3.8) is 0 Å².